The molecule has 0 aliphatic carbocycles. The number of Topliss-reactive ketones (excluding diaryl/α,β-unsaturated/α-hetero) is 2. The number of hydrogen-bond acceptors (Lipinski definition) is 9. The quantitative estimate of drug-likeness (QED) is 0.206. The van der Waals surface area contributed by atoms with Crippen LogP contribution in [-0.4, -0.2) is 89.9 Å². The van der Waals surface area contributed by atoms with Crippen LogP contribution in [0.4, 0.5) is 18.9 Å². The fourth-order valence-electron chi connectivity index (χ4n) is 4.40. The van der Waals surface area contributed by atoms with E-state index in [9.17, 15) is 37.5 Å². The highest BCUT2D eigenvalue weighted by molar-refractivity contribution is 6.08. The number of anilines is 1. The molecule has 0 spiro atoms. The molecular formula is C31H37F3N4O9. The average Bonchev–Trinajstić information content (AvgIpc) is 3.26. The molecule has 0 bridgehead atoms. The number of rotatable bonds is 12. The number of nitrogens with one attached hydrogen (secondary N) is 3. The number of carbonyl (C=O) groups excluding carboxylic acids is 3. The van der Waals surface area contributed by atoms with Crippen LogP contribution in [0.25, 0.3) is 0 Å². The molecule has 47 heavy (non-hydrogen) atoms. The minimum atomic E-state index is -5.08. The Bertz CT molecular complexity index is 1570. The van der Waals surface area contributed by atoms with E-state index in [1.54, 1.807) is 29.2 Å². The van der Waals surface area contributed by atoms with E-state index in [0.29, 0.717) is 40.3 Å². The molecule has 13 nitrogen and oxygen atoms in total. The molecule has 0 fully saturated rings. The van der Waals surface area contributed by atoms with Crippen LogP contribution in [0.15, 0.2) is 24.3 Å². The molecule has 256 valence electrons. The minimum absolute atomic E-state index is 0.0351. The summed E-state index contributed by atoms with van der Waals surface area (Å²) in [6, 6.07) is 6.56. The van der Waals surface area contributed by atoms with E-state index in [2.05, 4.69) is 10.6 Å². The standard InChI is InChI=1S/C29H36N4O7.C2HF3O2/c1-7-39-24-10-18-13-33(27(30)19(18)11-20(24)28(38)31-6)14-23(35)17-8-21(29(3,4)5)26(40-15-25(36)37)22(9-17)32-12-16(2)34;3-2(4,5)1(6)7/h8-11,30,32H,7,12-15H2,1-6H3,(H,31,38)(H,36,37);(H,6,7). The van der Waals surface area contributed by atoms with Crippen molar-refractivity contribution < 1.29 is 56.8 Å². The van der Waals surface area contributed by atoms with Crippen LogP contribution in [0.1, 0.15) is 72.0 Å². The van der Waals surface area contributed by atoms with Crippen LogP contribution in [0.2, 0.25) is 0 Å². The third-order valence-corrected chi connectivity index (χ3v) is 6.57. The van der Waals surface area contributed by atoms with Gasteiger partial charge >= 0.3 is 18.1 Å². The summed E-state index contributed by atoms with van der Waals surface area (Å²) in [6.07, 6.45) is -5.08. The van der Waals surface area contributed by atoms with Crippen molar-refractivity contribution in [2.75, 3.05) is 38.7 Å². The van der Waals surface area contributed by atoms with Gasteiger partial charge in [-0.2, -0.15) is 13.2 Å². The number of amidine groups is 1. The van der Waals surface area contributed by atoms with Gasteiger partial charge in [0.1, 0.15) is 23.1 Å². The zero-order valence-electron chi connectivity index (χ0n) is 26.7. The number of hydrogen-bond donors (Lipinski definition) is 5. The van der Waals surface area contributed by atoms with Crippen molar-refractivity contribution in [2.24, 2.45) is 0 Å². The van der Waals surface area contributed by atoms with Crippen molar-refractivity contribution >= 4 is 40.9 Å². The van der Waals surface area contributed by atoms with Gasteiger partial charge in [-0.15, -0.1) is 0 Å². The van der Waals surface area contributed by atoms with Crippen molar-refractivity contribution in [3.8, 4) is 11.5 Å². The predicted octanol–water partition coefficient (Wildman–Crippen LogP) is 3.86. The van der Waals surface area contributed by atoms with Crippen molar-refractivity contribution in [3.05, 3.63) is 52.1 Å². The largest absolute Gasteiger partial charge is 0.493 e. The van der Waals surface area contributed by atoms with E-state index in [1.165, 1.54) is 14.0 Å². The van der Waals surface area contributed by atoms with Crippen molar-refractivity contribution in [1.82, 2.24) is 10.2 Å². The highest BCUT2D eigenvalue weighted by Gasteiger charge is 2.38. The second-order valence-corrected chi connectivity index (χ2v) is 11.3. The number of halogens is 3. The van der Waals surface area contributed by atoms with Crippen LogP contribution in [0, 0.1) is 5.41 Å². The molecule has 5 N–H and O–H groups in total. The first kappa shape index (κ1) is 38.0. The number of ketones is 2. The molecule has 0 atom stereocenters. The first-order chi connectivity index (χ1) is 21.7. The van der Waals surface area contributed by atoms with E-state index in [0.717, 1.165) is 5.56 Å². The molecule has 1 aliphatic heterocycles. The summed E-state index contributed by atoms with van der Waals surface area (Å²) in [7, 11) is 1.52. The molecule has 0 saturated heterocycles. The summed E-state index contributed by atoms with van der Waals surface area (Å²) >= 11 is 0. The maximum atomic E-state index is 13.6. The predicted molar refractivity (Wildman–Crippen MR) is 164 cm³/mol. The lowest BCUT2D eigenvalue weighted by Crippen LogP contribution is -2.30. The number of carboxylic acids is 2. The normalized spacial score (nSPS) is 12.4. The number of amides is 1. The SMILES string of the molecule is CCOc1cc2c(cc1C(=O)NC)C(=N)N(CC(=O)c1cc(NCC(C)=O)c(OCC(=O)O)c(C(C)(C)C)c1)C2.O=C(O)C(F)(F)F. The number of aliphatic carboxylic acids is 2. The van der Waals surface area contributed by atoms with E-state index in [-0.39, 0.29) is 48.7 Å². The van der Waals surface area contributed by atoms with Crippen LogP contribution < -0.4 is 20.1 Å². The van der Waals surface area contributed by atoms with Crippen LogP contribution in [-0.2, 0) is 26.3 Å². The summed E-state index contributed by atoms with van der Waals surface area (Å²) in [5, 5.41) is 30.6. The first-order valence-electron chi connectivity index (χ1n) is 14.2. The highest BCUT2D eigenvalue weighted by atomic mass is 19.4. The summed E-state index contributed by atoms with van der Waals surface area (Å²) < 4.78 is 43.0. The third kappa shape index (κ3) is 10.2. The zero-order chi connectivity index (χ0) is 35.9. The summed E-state index contributed by atoms with van der Waals surface area (Å²) in [6.45, 7) is 8.87. The Morgan fingerprint density at radius 3 is 2.13 bits per heavy atom. The topological polar surface area (TPSA) is 195 Å². The monoisotopic (exact) mass is 666 g/mol. The number of fused-ring (bicyclic) bond motifs is 1. The Labute approximate surface area is 268 Å². The molecule has 1 aliphatic rings. The number of nitrogens with zero attached hydrogens (tertiary/aromatic N) is 1. The Balaban J connectivity index is 0.000000984. The molecule has 1 amide bonds. The van der Waals surface area contributed by atoms with Crippen LogP contribution >= 0.6 is 0 Å². The fraction of sp³-hybridized carbons (Fsp3) is 0.419. The second-order valence-electron chi connectivity index (χ2n) is 11.3. The molecule has 0 saturated carbocycles. The average molecular weight is 667 g/mol. The van der Waals surface area contributed by atoms with Crippen molar-refractivity contribution in [1.29, 1.82) is 5.41 Å². The molecular weight excluding hydrogens is 629 g/mol. The van der Waals surface area contributed by atoms with Gasteiger partial charge in [-0.05, 0) is 49.1 Å². The molecule has 1 heterocycles. The molecule has 0 aromatic heterocycles. The number of alkyl halides is 3. The van der Waals surface area contributed by atoms with Crippen LogP contribution in [0.5, 0.6) is 11.5 Å². The molecule has 3 rings (SSSR count). The van der Waals surface area contributed by atoms with Gasteiger partial charge in [0.2, 0.25) is 0 Å². The van der Waals surface area contributed by atoms with E-state index < -0.39 is 30.1 Å². The number of ether oxygens (including phenoxy) is 2. The van der Waals surface area contributed by atoms with Gasteiger partial charge in [-0.1, -0.05) is 20.8 Å². The van der Waals surface area contributed by atoms with Gasteiger partial charge in [0.25, 0.3) is 5.91 Å². The van der Waals surface area contributed by atoms with Gasteiger partial charge in [-0.3, -0.25) is 19.8 Å². The van der Waals surface area contributed by atoms with Gasteiger partial charge in [0.05, 0.1) is 30.9 Å². The molecule has 0 unspecified atom stereocenters. The first-order valence-corrected chi connectivity index (χ1v) is 14.2. The fourth-order valence-corrected chi connectivity index (χ4v) is 4.40. The lowest BCUT2D eigenvalue weighted by atomic mass is 9.84. The maximum absolute atomic E-state index is 13.6. The Morgan fingerprint density at radius 2 is 1.64 bits per heavy atom. The van der Waals surface area contributed by atoms with E-state index in [1.807, 2.05) is 27.7 Å². The zero-order valence-corrected chi connectivity index (χ0v) is 26.7. The number of benzene rings is 2. The van der Waals surface area contributed by atoms with Gasteiger partial charge < -0.3 is 35.2 Å². The lowest BCUT2D eigenvalue weighted by Gasteiger charge is -2.26. The van der Waals surface area contributed by atoms with Crippen molar-refractivity contribution in [2.45, 2.75) is 52.8 Å². The molecule has 0 radical (unpaired) electrons. The smallest absolute Gasteiger partial charge is 0.490 e. The number of carbonyl (C=O) groups is 5. The summed E-state index contributed by atoms with van der Waals surface area (Å²) in [5.74, 6) is -3.89. The molecule has 2 aromatic carbocycles. The van der Waals surface area contributed by atoms with Crippen molar-refractivity contribution in [3.63, 3.8) is 0 Å². The summed E-state index contributed by atoms with van der Waals surface area (Å²) in [5.41, 5.74) is 2.36. The highest BCUT2D eigenvalue weighted by Crippen LogP contribution is 2.39. The summed E-state index contributed by atoms with van der Waals surface area (Å²) in [4.78, 5) is 59.4. The van der Waals surface area contributed by atoms with Gasteiger partial charge in [0, 0.05) is 30.3 Å². The molecule has 16 heteroatoms. The van der Waals surface area contributed by atoms with Gasteiger partial charge in [0.15, 0.2) is 12.4 Å². The van der Waals surface area contributed by atoms with E-state index >= 15 is 0 Å². The lowest BCUT2D eigenvalue weighted by molar-refractivity contribution is -0.192. The number of carboxylic acid groups (broad SMARTS) is 2. The van der Waals surface area contributed by atoms with E-state index in [4.69, 9.17) is 24.8 Å². The Kier molecular flexibility index (Phi) is 12.5. The second kappa shape index (κ2) is 15.4. The maximum Gasteiger partial charge on any atom is 0.490 e. The third-order valence-electron chi connectivity index (χ3n) is 6.57. The Morgan fingerprint density at radius 1 is 1.02 bits per heavy atom. The van der Waals surface area contributed by atoms with Crippen LogP contribution in [0.3, 0.4) is 0 Å². The minimum Gasteiger partial charge on any atom is -0.493 e. The molecule has 2 aromatic rings. The van der Waals surface area contributed by atoms with Gasteiger partial charge in [-0.25, -0.2) is 9.59 Å². The Hall–Kier alpha value is -5.15.